The molecule has 0 bridgehead atoms. The van der Waals surface area contributed by atoms with Gasteiger partial charge in [-0.2, -0.15) is 0 Å². The van der Waals surface area contributed by atoms with Crippen molar-refractivity contribution in [1.29, 1.82) is 0 Å². The Hall–Kier alpha value is -1.66. The van der Waals surface area contributed by atoms with E-state index >= 15 is 0 Å². The molecular formula is C19H34NO5+. The first-order valence-electron chi connectivity index (χ1n) is 8.85. The Labute approximate surface area is 151 Å². The second-order valence-electron chi connectivity index (χ2n) is 7.23. The van der Waals surface area contributed by atoms with E-state index in [9.17, 15) is 14.7 Å². The lowest BCUT2D eigenvalue weighted by atomic mass is 10.1. The molecule has 6 nitrogen and oxygen atoms in total. The predicted molar refractivity (Wildman–Crippen MR) is 98.1 cm³/mol. The van der Waals surface area contributed by atoms with E-state index in [0.29, 0.717) is 30.3 Å². The van der Waals surface area contributed by atoms with Gasteiger partial charge in [0.1, 0.15) is 6.54 Å². The number of carboxylic acids is 1. The summed E-state index contributed by atoms with van der Waals surface area (Å²) in [7, 11) is 5.76. The third-order valence-corrected chi connectivity index (χ3v) is 3.40. The second-order valence-corrected chi connectivity index (χ2v) is 7.23. The van der Waals surface area contributed by atoms with E-state index in [4.69, 9.17) is 9.84 Å². The SMILES string of the molecule is CC/C=C/C=C/CC(O)CCCC(=O)OC(CC(=O)O)C[N+](C)(C)C. The largest absolute Gasteiger partial charge is 0.481 e. The Morgan fingerprint density at radius 3 is 2.36 bits per heavy atom. The normalized spacial score (nSPS) is 14.8. The number of ether oxygens (including phenoxy) is 1. The number of likely N-dealkylation sites (N-methyl/N-ethyl adjacent to an activating group) is 1. The van der Waals surface area contributed by atoms with Crippen molar-refractivity contribution in [3.63, 3.8) is 0 Å². The Balaban J connectivity index is 4.15. The molecule has 2 atom stereocenters. The lowest BCUT2D eigenvalue weighted by Crippen LogP contribution is -2.43. The van der Waals surface area contributed by atoms with Crippen molar-refractivity contribution in [2.24, 2.45) is 0 Å². The molecule has 0 saturated carbocycles. The second kappa shape index (κ2) is 12.7. The Bertz CT molecular complexity index is 451. The zero-order valence-electron chi connectivity index (χ0n) is 16.0. The maximum atomic E-state index is 11.9. The summed E-state index contributed by atoms with van der Waals surface area (Å²) >= 11 is 0. The number of aliphatic carboxylic acids is 1. The van der Waals surface area contributed by atoms with Crippen LogP contribution in [0.25, 0.3) is 0 Å². The summed E-state index contributed by atoms with van der Waals surface area (Å²) in [5.41, 5.74) is 0. The molecule has 0 aromatic rings. The standard InChI is InChI=1S/C19H33NO5/c1-5-6-7-8-9-11-16(21)12-10-13-19(24)25-17(14-18(22)23)15-20(2,3)4/h6-9,16-17,21H,5,10-15H2,1-4H3/p+1/b7-6+,9-8+. The summed E-state index contributed by atoms with van der Waals surface area (Å²) in [4.78, 5) is 22.8. The fourth-order valence-corrected chi connectivity index (χ4v) is 2.32. The number of carboxylic acid groups (broad SMARTS) is 1. The van der Waals surface area contributed by atoms with Crippen molar-refractivity contribution in [1.82, 2.24) is 0 Å². The first kappa shape index (κ1) is 23.3. The monoisotopic (exact) mass is 356 g/mol. The molecule has 0 aromatic carbocycles. The Morgan fingerprint density at radius 1 is 1.16 bits per heavy atom. The number of carbonyl (C=O) groups is 2. The third kappa shape index (κ3) is 15.6. The van der Waals surface area contributed by atoms with Crippen LogP contribution in [-0.4, -0.2) is 66.5 Å². The summed E-state index contributed by atoms with van der Waals surface area (Å²) < 4.78 is 5.82. The van der Waals surface area contributed by atoms with Gasteiger partial charge in [-0.1, -0.05) is 31.2 Å². The van der Waals surface area contributed by atoms with Gasteiger partial charge in [-0.05, 0) is 25.7 Å². The topological polar surface area (TPSA) is 83.8 Å². The molecule has 0 amide bonds. The van der Waals surface area contributed by atoms with Crippen LogP contribution < -0.4 is 0 Å². The zero-order valence-corrected chi connectivity index (χ0v) is 16.0. The van der Waals surface area contributed by atoms with Gasteiger partial charge in [0.05, 0.1) is 33.7 Å². The maximum absolute atomic E-state index is 11.9. The summed E-state index contributed by atoms with van der Waals surface area (Å²) in [5.74, 6) is -1.39. The van der Waals surface area contributed by atoms with E-state index in [1.807, 2.05) is 45.4 Å². The molecular weight excluding hydrogens is 322 g/mol. The summed E-state index contributed by atoms with van der Waals surface area (Å²) in [6.07, 6.45) is 9.20. The first-order valence-corrected chi connectivity index (χ1v) is 8.85. The molecule has 0 heterocycles. The van der Waals surface area contributed by atoms with E-state index in [2.05, 4.69) is 6.92 Å². The number of esters is 1. The summed E-state index contributed by atoms with van der Waals surface area (Å²) in [5, 5.41) is 18.8. The highest BCUT2D eigenvalue weighted by Gasteiger charge is 2.24. The van der Waals surface area contributed by atoms with Crippen molar-refractivity contribution in [3.8, 4) is 0 Å². The fraction of sp³-hybridized carbons (Fsp3) is 0.684. The van der Waals surface area contributed by atoms with Crippen molar-refractivity contribution in [2.45, 2.75) is 57.7 Å². The molecule has 0 fully saturated rings. The quantitative estimate of drug-likeness (QED) is 0.301. The minimum atomic E-state index is -0.981. The molecule has 0 aliphatic heterocycles. The lowest BCUT2D eigenvalue weighted by molar-refractivity contribution is -0.873. The molecule has 0 aliphatic rings. The van der Waals surface area contributed by atoms with Crippen molar-refractivity contribution in [3.05, 3.63) is 24.3 Å². The molecule has 0 radical (unpaired) electrons. The molecule has 25 heavy (non-hydrogen) atoms. The number of aliphatic hydroxyl groups excluding tert-OH is 1. The van der Waals surface area contributed by atoms with E-state index in [0.717, 1.165) is 6.42 Å². The predicted octanol–water partition coefficient (Wildman–Crippen LogP) is 2.52. The lowest BCUT2D eigenvalue weighted by Gasteiger charge is -2.28. The van der Waals surface area contributed by atoms with E-state index in [-0.39, 0.29) is 12.8 Å². The van der Waals surface area contributed by atoms with Gasteiger partial charge in [0.15, 0.2) is 6.10 Å². The van der Waals surface area contributed by atoms with Crippen LogP contribution in [0.1, 0.15) is 45.4 Å². The van der Waals surface area contributed by atoms with Crippen LogP contribution in [0.3, 0.4) is 0 Å². The van der Waals surface area contributed by atoms with Gasteiger partial charge >= 0.3 is 11.9 Å². The van der Waals surface area contributed by atoms with Crippen LogP contribution in [-0.2, 0) is 14.3 Å². The number of carbonyl (C=O) groups excluding carboxylic acids is 1. The van der Waals surface area contributed by atoms with Gasteiger partial charge in [0, 0.05) is 6.42 Å². The number of rotatable bonds is 13. The maximum Gasteiger partial charge on any atom is 0.307 e. The zero-order chi connectivity index (χ0) is 19.3. The highest BCUT2D eigenvalue weighted by atomic mass is 16.5. The van der Waals surface area contributed by atoms with Crippen LogP contribution in [0.4, 0.5) is 0 Å². The number of nitrogens with zero attached hydrogens (tertiary/aromatic N) is 1. The Kier molecular flexibility index (Phi) is 11.8. The van der Waals surface area contributed by atoms with Gasteiger partial charge in [-0.25, -0.2) is 0 Å². The molecule has 0 saturated heterocycles. The highest BCUT2D eigenvalue weighted by molar-refractivity contribution is 5.71. The number of allylic oxidation sites excluding steroid dienone is 3. The van der Waals surface area contributed by atoms with Gasteiger partial charge in [0.2, 0.25) is 0 Å². The van der Waals surface area contributed by atoms with Crippen LogP contribution >= 0.6 is 0 Å². The van der Waals surface area contributed by atoms with Crippen molar-refractivity contribution >= 4 is 11.9 Å². The molecule has 0 rings (SSSR count). The van der Waals surface area contributed by atoms with E-state index in [1.165, 1.54) is 0 Å². The van der Waals surface area contributed by atoms with Crippen LogP contribution in [0, 0.1) is 0 Å². The summed E-state index contributed by atoms with van der Waals surface area (Å²) in [6, 6.07) is 0. The molecule has 2 N–H and O–H groups in total. The molecule has 144 valence electrons. The average Bonchev–Trinajstić information content (AvgIpc) is 2.44. The minimum absolute atomic E-state index is 0.184. The van der Waals surface area contributed by atoms with Gasteiger partial charge < -0.3 is 19.4 Å². The van der Waals surface area contributed by atoms with Gasteiger partial charge in [-0.3, -0.25) is 9.59 Å². The average molecular weight is 356 g/mol. The van der Waals surface area contributed by atoms with Crippen molar-refractivity contribution in [2.75, 3.05) is 27.7 Å². The van der Waals surface area contributed by atoms with Gasteiger partial charge in [0.25, 0.3) is 0 Å². The Morgan fingerprint density at radius 2 is 1.80 bits per heavy atom. The number of quaternary nitrogens is 1. The number of hydrogen-bond donors (Lipinski definition) is 2. The van der Waals surface area contributed by atoms with Crippen molar-refractivity contribution < 1.29 is 29.0 Å². The van der Waals surface area contributed by atoms with Gasteiger partial charge in [-0.15, -0.1) is 0 Å². The first-order chi connectivity index (χ1) is 11.6. The molecule has 6 heteroatoms. The molecule has 0 aliphatic carbocycles. The molecule has 0 aromatic heterocycles. The fourth-order valence-electron chi connectivity index (χ4n) is 2.32. The van der Waals surface area contributed by atoms with Crippen LogP contribution in [0.15, 0.2) is 24.3 Å². The number of hydrogen-bond acceptors (Lipinski definition) is 4. The minimum Gasteiger partial charge on any atom is -0.481 e. The van der Waals surface area contributed by atoms with Crippen LogP contribution in [0.2, 0.25) is 0 Å². The highest BCUT2D eigenvalue weighted by Crippen LogP contribution is 2.10. The third-order valence-electron chi connectivity index (χ3n) is 3.40. The van der Waals surface area contributed by atoms with Crippen LogP contribution in [0.5, 0.6) is 0 Å². The van der Waals surface area contributed by atoms with E-state index in [1.54, 1.807) is 0 Å². The number of aliphatic hydroxyl groups is 1. The smallest absolute Gasteiger partial charge is 0.307 e. The summed E-state index contributed by atoms with van der Waals surface area (Å²) in [6.45, 7) is 2.50. The van der Waals surface area contributed by atoms with E-state index < -0.39 is 24.1 Å². The molecule has 0 spiro atoms. The molecule has 2 unspecified atom stereocenters.